The molecule has 0 fully saturated rings. The SMILES string of the molecule is CCOc1cc(-c2nccn2S(=O)(=O)c2ccc(C)cc2)ccc1OC(C)C. The van der Waals surface area contributed by atoms with Gasteiger partial charge in [-0.05, 0) is 58.0 Å². The Morgan fingerprint density at radius 2 is 1.79 bits per heavy atom. The van der Waals surface area contributed by atoms with Gasteiger partial charge in [0, 0.05) is 18.0 Å². The first-order chi connectivity index (χ1) is 13.3. The third kappa shape index (κ3) is 4.04. The van der Waals surface area contributed by atoms with Crippen LogP contribution < -0.4 is 9.47 Å². The second kappa shape index (κ2) is 8.06. The van der Waals surface area contributed by atoms with Crippen molar-refractivity contribution in [1.82, 2.24) is 8.96 Å². The Morgan fingerprint density at radius 3 is 2.43 bits per heavy atom. The molecule has 148 valence electrons. The van der Waals surface area contributed by atoms with Gasteiger partial charge in [0.05, 0.1) is 17.6 Å². The summed E-state index contributed by atoms with van der Waals surface area (Å²) < 4.78 is 38.8. The van der Waals surface area contributed by atoms with Crippen LogP contribution >= 0.6 is 0 Å². The lowest BCUT2D eigenvalue weighted by atomic mass is 10.2. The maximum Gasteiger partial charge on any atom is 0.269 e. The molecule has 0 radical (unpaired) electrons. The molecule has 0 bridgehead atoms. The molecule has 3 aromatic rings. The van der Waals surface area contributed by atoms with E-state index in [0.29, 0.717) is 29.5 Å². The van der Waals surface area contributed by atoms with Crippen molar-refractivity contribution >= 4 is 10.0 Å². The number of aromatic nitrogens is 2. The predicted molar refractivity (Wildman–Crippen MR) is 108 cm³/mol. The minimum Gasteiger partial charge on any atom is -0.490 e. The number of rotatable bonds is 7. The molecule has 0 atom stereocenters. The average molecular weight is 401 g/mol. The van der Waals surface area contributed by atoms with Gasteiger partial charge in [-0.2, -0.15) is 0 Å². The molecule has 2 aromatic carbocycles. The van der Waals surface area contributed by atoms with Gasteiger partial charge < -0.3 is 9.47 Å². The first-order valence-electron chi connectivity index (χ1n) is 9.12. The van der Waals surface area contributed by atoms with Crippen molar-refractivity contribution in [2.75, 3.05) is 6.61 Å². The van der Waals surface area contributed by atoms with Crippen LogP contribution in [0, 0.1) is 6.92 Å². The van der Waals surface area contributed by atoms with Crippen LogP contribution in [0.15, 0.2) is 59.8 Å². The summed E-state index contributed by atoms with van der Waals surface area (Å²) in [6.45, 7) is 8.13. The number of imidazole rings is 1. The minimum absolute atomic E-state index is 0.00559. The Bertz CT molecular complexity index is 1050. The third-order valence-electron chi connectivity index (χ3n) is 4.05. The molecule has 0 spiro atoms. The minimum atomic E-state index is -3.76. The van der Waals surface area contributed by atoms with Crippen molar-refractivity contribution in [3.05, 3.63) is 60.4 Å². The van der Waals surface area contributed by atoms with E-state index in [0.717, 1.165) is 5.56 Å². The highest BCUT2D eigenvalue weighted by molar-refractivity contribution is 7.90. The summed E-state index contributed by atoms with van der Waals surface area (Å²) in [6.07, 6.45) is 2.91. The zero-order chi connectivity index (χ0) is 20.3. The topological polar surface area (TPSA) is 70.4 Å². The van der Waals surface area contributed by atoms with Crippen molar-refractivity contribution < 1.29 is 17.9 Å². The molecule has 3 rings (SSSR count). The highest BCUT2D eigenvalue weighted by Gasteiger charge is 2.22. The van der Waals surface area contributed by atoms with Gasteiger partial charge in [-0.1, -0.05) is 17.7 Å². The fourth-order valence-corrected chi connectivity index (χ4v) is 4.08. The summed E-state index contributed by atoms with van der Waals surface area (Å²) in [5.41, 5.74) is 1.62. The molecule has 7 heteroatoms. The van der Waals surface area contributed by atoms with Crippen LogP contribution in [0.2, 0.25) is 0 Å². The van der Waals surface area contributed by atoms with E-state index in [1.54, 1.807) is 42.5 Å². The molecule has 0 saturated heterocycles. The Balaban J connectivity index is 2.06. The van der Waals surface area contributed by atoms with Gasteiger partial charge in [-0.3, -0.25) is 0 Å². The van der Waals surface area contributed by atoms with Gasteiger partial charge in [0.25, 0.3) is 10.0 Å². The van der Waals surface area contributed by atoms with E-state index in [1.807, 2.05) is 27.7 Å². The van der Waals surface area contributed by atoms with Crippen LogP contribution in [-0.2, 0) is 10.0 Å². The maximum atomic E-state index is 13.1. The maximum absolute atomic E-state index is 13.1. The molecule has 0 saturated carbocycles. The Hall–Kier alpha value is -2.80. The summed E-state index contributed by atoms with van der Waals surface area (Å²) in [5, 5.41) is 0. The van der Waals surface area contributed by atoms with Gasteiger partial charge in [0.2, 0.25) is 0 Å². The molecular formula is C21H24N2O4S. The molecule has 0 aliphatic carbocycles. The average Bonchev–Trinajstić information content (AvgIpc) is 3.14. The van der Waals surface area contributed by atoms with E-state index < -0.39 is 10.0 Å². The van der Waals surface area contributed by atoms with Crippen LogP contribution in [0.3, 0.4) is 0 Å². The van der Waals surface area contributed by atoms with Gasteiger partial charge in [0.15, 0.2) is 17.3 Å². The van der Waals surface area contributed by atoms with Crippen molar-refractivity contribution in [1.29, 1.82) is 0 Å². The molecule has 0 unspecified atom stereocenters. The quantitative estimate of drug-likeness (QED) is 0.592. The smallest absolute Gasteiger partial charge is 0.269 e. The van der Waals surface area contributed by atoms with Crippen molar-refractivity contribution in [3.8, 4) is 22.9 Å². The van der Waals surface area contributed by atoms with E-state index in [4.69, 9.17) is 9.47 Å². The predicted octanol–water partition coefficient (Wildman–Crippen LogP) is 4.28. The fourth-order valence-electron chi connectivity index (χ4n) is 2.78. The first-order valence-corrected chi connectivity index (χ1v) is 10.6. The summed E-state index contributed by atoms with van der Waals surface area (Å²) in [7, 11) is -3.76. The summed E-state index contributed by atoms with van der Waals surface area (Å²) in [5.74, 6) is 1.48. The summed E-state index contributed by atoms with van der Waals surface area (Å²) in [6, 6.07) is 12.1. The fraction of sp³-hybridized carbons (Fsp3) is 0.286. The highest BCUT2D eigenvalue weighted by Crippen LogP contribution is 2.34. The van der Waals surface area contributed by atoms with E-state index in [9.17, 15) is 8.42 Å². The number of benzene rings is 2. The Labute approximate surface area is 165 Å². The Morgan fingerprint density at radius 1 is 1.07 bits per heavy atom. The largest absolute Gasteiger partial charge is 0.490 e. The van der Waals surface area contributed by atoms with E-state index in [-0.39, 0.29) is 11.0 Å². The van der Waals surface area contributed by atoms with E-state index >= 15 is 0 Å². The molecule has 0 aliphatic rings. The summed E-state index contributed by atoms with van der Waals surface area (Å²) >= 11 is 0. The number of nitrogens with zero attached hydrogens (tertiary/aromatic N) is 2. The van der Waals surface area contributed by atoms with E-state index in [2.05, 4.69) is 4.98 Å². The van der Waals surface area contributed by atoms with Crippen LogP contribution in [0.5, 0.6) is 11.5 Å². The molecule has 1 heterocycles. The molecule has 1 aromatic heterocycles. The molecule has 28 heavy (non-hydrogen) atoms. The molecule has 0 amide bonds. The first kappa shape index (κ1) is 19.9. The highest BCUT2D eigenvalue weighted by atomic mass is 32.2. The van der Waals surface area contributed by atoms with Gasteiger partial charge in [-0.15, -0.1) is 0 Å². The third-order valence-corrected chi connectivity index (χ3v) is 5.73. The molecule has 0 N–H and O–H groups in total. The van der Waals surface area contributed by atoms with Crippen LogP contribution in [-0.4, -0.2) is 30.1 Å². The second-order valence-electron chi connectivity index (χ2n) is 6.63. The van der Waals surface area contributed by atoms with Gasteiger partial charge in [-0.25, -0.2) is 17.4 Å². The van der Waals surface area contributed by atoms with Crippen molar-refractivity contribution in [2.24, 2.45) is 0 Å². The summed E-state index contributed by atoms with van der Waals surface area (Å²) in [4.78, 5) is 4.49. The Kier molecular flexibility index (Phi) is 5.74. The normalized spacial score (nSPS) is 11.6. The van der Waals surface area contributed by atoms with Crippen LogP contribution in [0.4, 0.5) is 0 Å². The van der Waals surface area contributed by atoms with Crippen molar-refractivity contribution in [2.45, 2.75) is 38.7 Å². The number of ether oxygens (including phenoxy) is 2. The molecule has 6 nitrogen and oxygen atoms in total. The number of hydrogen-bond donors (Lipinski definition) is 0. The van der Waals surface area contributed by atoms with Gasteiger partial charge >= 0.3 is 0 Å². The number of hydrogen-bond acceptors (Lipinski definition) is 5. The van der Waals surface area contributed by atoms with Gasteiger partial charge in [0.1, 0.15) is 0 Å². The van der Waals surface area contributed by atoms with Crippen LogP contribution in [0.25, 0.3) is 11.4 Å². The second-order valence-corrected chi connectivity index (χ2v) is 8.44. The lowest BCUT2D eigenvalue weighted by molar-refractivity contribution is 0.224. The van der Waals surface area contributed by atoms with E-state index in [1.165, 1.54) is 16.4 Å². The zero-order valence-corrected chi connectivity index (χ0v) is 17.2. The lowest BCUT2D eigenvalue weighted by Crippen LogP contribution is -2.13. The number of aryl methyl sites for hydroxylation is 1. The molecule has 0 aliphatic heterocycles. The molecular weight excluding hydrogens is 376 g/mol. The standard InChI is InChI=1S/C21H24N2O4S/c1-5-26-20-14-17(8-11-19(20)27-15(2)3)21-22-12-13-23(21)28(24,25)18-9-6-16(4)7-10-18/h6-15H,5H2,1-4H3. The monoisotopic (exact) mass is 400 g/mol. The zero-order valence-electron chi connectivity index (χ0n) is 16.4. The lowest BCUT2D eigenvalue weighted by Gasteiger charge is -2.16. The van der Waals surface area contributed by atoms with Crippen molar-refractivity contribution in [3.63, 3.8) is 0 Å². The van der Waals surface area contributed by atoms with Crippen LogP contribution in [0.1, 0.15) is 26.3 Å².